The van der Waals surface area contributed by atoms with Crippen molar-refractivity contribution in [3.8, 4) is 0 Å². The third-order valence-electron chi connectivity index (χ3n) is 14.1. The quantitative estimate of drug-likeness (QED) is 0.228. The molecule has 4 heteroatoms. The standard InChI is InChI=1S/C34H56O4/c1-9-10-19-38-29(37)34-16-13-21(2)22(3)27(34)23-11-12-26-31(6)20-24(35)28(36)30(4,5)25(31)14-15-33(26,8)32(23,7)17-18-34/h11,21-22,24-28,35-36H,9-10,12-20H2,1-8H3/t21-,22+,24-,25+,26-,27+,28+,31+,32-,33-,34+/m1/s1. The van der Waals surface area contributed by atoms with Gasteiger partial charge in [0, 0.05) is 0 Å². The van der Waals surface area contributed by atoms with Crippen LogP contribution in [0.25, 0.3) is 0 Å². The second-order valence-corrected chi connectivity index (χ2v) is 15.8. The van der Waals surface area contributed by atoms with E-state index in [-0.39, 0.29) is 39.0 Å². The molecule has 216 valence electrons. The van der Waals surface area contributed by atoms with Crippen LogP contribution >= 0.6 is 0 Å². The Balaban J connectivity index is 1.57. The summed E-state index contributed by atoms with van der Waals surface area (Å²) in [5.41, 5.74) is 1.03. The van der Waals surface area contributed by atoms with E-state index in [9.17, 15) is 15.0 Å². The van der Waals surface area contributed by atoms with Crippen LogP contribution in [0.3, 0.4) is 0 Å². The highest BCUT2D eigenvalue weighted by molar-refractivity contribution is 5.79. The molecular formula is C34H56O4. The monoisotopic (exact) mass is 528 g/mol. The molecule has 4 fully saturated rings. The van der Waals surface area contributed by atoms with Gasteiger partial charge in [-0.2, -0.15) is 0 Å². The summed E-state index contributed by atoms with van der Waals surface area (Å²) in [6.07, 6.45) is 11.2. The SMILES string of the molecule is CCCCOC(=O)[C@]12CC[C@@H](C)[C@H](C)[C@H]1C1=CC[C@@H]3[C@@]4(C)C[C@@H](O)[C@H](O)C(C)(C)[C@@H]4CC[C@@]3(C)[C@]1(C)CC2. The molecule has 0 radical (unpaired) electrons. The first-order chi connectivity index (χ1) is 17.7. The molecule has 4 saturated carbocycles. The second kappa shape index (κ2) is 9.33. The van der Waals surface area contributed by atoms with E-state index in [1.54, 1.807) is 5.57 Å². The van der Waals surface area contributed by atoms with Crippen molar-refractivity contribution in [2.24, 2.45) is 56.7 Å². The van der Waals surface area contributed by atoms with E-state index in [1.165, 1.54) is 0 Å². The highest BCUT2D eigenvalue weighted by Gasteiger charge is 2.70. The predicted octanol–water partition coefficient (Wildman–Crippen LogP) is 7.32. The summed E-state index contributed by atoms with van der Waals surface area (Å²) in [5.74, 6) is 2.27. The molecule has 0 heterocycles. The van der Waals surface area contributed by atoms with Crippen molar-refractivity contribution in [1.82, 2.24) is 0 Å². The largest absolute Gasteiger partial charge is 0.465 e. The van der Waals surface area contributed by atoms with Crippen molar-refractivity contribution in [2.45, 2.75) is 132 Å². The number of carbonyl (C=O) groups excluding carboxylic acids is 1. The van der Waals surface area contributed by atoms with Gasteiger partial charge in [0.2, 0.25) is 0 Å². The minimum Gasteiger partial charge on any atom is -0.465 e. The van der Waals surface area contributed by atoms with Crippen molar-refractivity contribution in [1.29, 1.82) is 0 Å². The van der Waals surface area contributed by atoms with Gasteiger partial charge in [0.15, 0.2) is 0 Å². The normalized spacial score (nSPS) is 51.5. The van der Waals surface area contributed by atoms with E-state index in [1.807, 2.05) is 0 Å². The summed E-state index contributed by atoms with van der Waals surface area (Å²) in [6.45, 7) is 19.4. The number of carbonyl (C=O) groups is 1. The minimum absolute atomic E-state index is 0.0146. The predicted molar refractivity (Wildman–Crippen MR) is 152 cm³/mol. The maximum absolute atomic E-state index is 13.9. The average Bonchev–Trinajstić information content (AvgIpc) is 2.85. The minimum atomic E-state index is -0.664. The van der Waals surface area contributed by atoms with Crippen molar-refractivity contribution < 1.29 is 19.7 Å². The fourth-order valence-electron chi connectivity index (χ4n) is 11.4. The zero-order chi connectivity index (χ0) is 27.9. The first kappa shape index (κ1) is 28.7. The molecule has 0 unspecified atom stereocenters. The van der Waals surface area contributed by atoms with Crippen LogP contribution in [0, 0.1) is 56.7 Å². The molecule has 0 aliphatic heterocycles. The highest BCUT2D eigenvalue weighted by Crippen LogP contribution is 2.75. The third-order valence-corrected chi connectivity index (χ3v) is 14.1. The van der Waals surface area contributed by atoms with Gasteiger partial charge in [0.1, 0.15) is 0 Å². The average molecular weight is 529 g/mol. The molecule has 0 spiro atoms. The Morgan fingerprint density at radius 3 is 2.39 bits per heavy atom. The van der Waals surface area contributed by atoms with Gasteiger partial charge in [-0.15, -0.1) is 0 Å². The van der Waals surface area contributed by atoms with E-state index < -0.39 is 12.2 Å². The summed E-state index contributed by atoms with van der Waals surface area (Å²) >= 11 is 0. The maximum Gasteiger partial charge on any atom is 0.312 e. The van der Waals surface area contributed by atoms with E-state index in [4.69, 9.17) is 4.74 Å². The summed E-state index contributed by atoms with van der Waals surface area (Å²) in [4.78, 5) is 13.9. The van der Waals surface area contributed by atoms with Gasteiger partial charge in [-0.3, -0.25) is 4.79 Å². The van der Waals surface area contributed by atoms with Gasteiger partial charge in [0.05, 0.1) is 24.2 Å². The first-order valence-electron chi connectivity index (χ1n) is 15.9. The van der Waals surface area contributed by atoms with E-state index in [2.05, 4.69) is 61.5 Å². The van der Waals surface area contributed by atoms with Gasteiger partial charge in [-0.25, -0.2) is 0 Å². The van der Waals surface area contributed by atoms with Gasteiger partial charge >= 0.3 is 5.97 Å². The maximum atomic E-state index is 13.9. The highest BCUT2D eigenvalue weighted by atomic mass is 16.5. The Bertz CT molecular complexity index is 970. The van der Waals surface area contributed by atoms with Crippen molar-refractivity contribution in [2.75, 3.05) is 6.61 Å². The Labute approximate surface area is 232 Å². The molecule has 4 nitrogen and oxygen atoms in total. The Morgan fingerprint density at radius 2 is 1.71 bits per heavy atom. The number of ether oxygens (including phenoxy) is 1. The fourth-order valence-corrected chi connectivity index (χ4v) is 11.4. The molecule has 0 bridgehead atoms. The molecular weight excluding hydrogens is 472 g/mol. The molecule has 0 aromatic heterocycles. The molecule has 5 rings (SSSR count). The second-order valence-electron chi connectivity index (χ2n) is 15.8. The molecule has 5 aliphatic rings. The zero-order valence-corrected chi connectivity index (χ0v) is 25.6. The molecule has 38 heavy (non-hydrogen) atoms. The van der Waals surface area contributed by atoms with E-state index in [0.29, 0.717) is 36.7 Å². The summed E-state index contributed by atoms with van der Waals surface area (Å²) in [5, 5.41) is 22.1. The van der Waals surface area contributed by atoms with Crippen LogP contribution in [0.4, 0.5) is 0 Å². The van der Waals surface area contributed by atoms with Crippen LogP contribution in [-0.4, -0.2) is 35.0 Å². The summed E-state index contributed by atoms with van der Waals surface area (Å²) in [6, 6.07) is 0. The number of unbranched alkanes of at least 4 members (excludes halogenated alkanes) is 1. The number of hydrogen-bond acceptors (Lipinski definition) is 4. The Hall–Kier alpha value is -0.870. The molecule has 0 aromatic rings. The van der Waals surface area contributed by atoms with E-state index in [0.717, 1.165) is 57.8 Å². The molecule has 0 aromatic carbocycles. The molecule has 11 atom stereocenters. The molecule has 5 aliphatic carbocycles. The smallest absolute Gasteiger partial charge is 0.312 e. The van der Waals surface area contributed by atoms with Crippen LogP contribution in [0.5, 0.6) is 0 Å². The van der Waals surface area contributed by atoms with E-state index >= 15 is 0 Å². The zero-order valence-electron chi connectivity index (χ0n) is 25.6. The van der Waals surface area contributed by atoms with Crippen LogP contribution in [0.1, 0.15) is 120 Å². The fraction of sp³-hybridized carbons (Fsp3) is 0.912. The number of aliphatic hydroxyl groups is 2. The van der Waals surface area contributed by atoms with Crippen molar-refractivity contribution in [3.63, 3.8) is 0 Å². The Morgan fingerprint density at radius 1 is 1.00 bits per heavy atom. The molecule has 0 amide bonds. The van der Waals surface area contributed by atoms with Gasteiger partial charge in [0.25, 0.3) is 0 Å². The van der Waals surface area contributed by atoms with Gasteiger partial charge in [-0.05, 0) is 109 Å². The number of aliphatic hydroxyl groups excluding tert-OH is 2. The lowest BCUT2D eigenvalue weighted by molar-refractivity contribution is -0.232. The van der Waals surface area contributed by atoms with Gasteiger partial charge in [-0.1, -0.05) is 73.5 Å². The molecule has 2 N–H and O–H groups in total. The number of fused-ring (bicyclic) bond motifs is 7. The lowest BCUT2D eigenvalue weighted by Gasteiger charge is -2.71. The summed E-state index contributed by atoms with van der Waals surface area (Å²) in [7, 11) is 0. The number of allylic oxidation sites excluding steroid dienone is 2. The lowest BCUT2D eigenvalue weighted by atomic mass is 9.33. The number of hydrogen-bond donors (Lipinski definition) is 2. The van der Waals surface area contributed by atoms with Crippen molar-refractivity contribution in [3.05, 3.63) is 11.6 Å². The van der Waals surface area contributed by atoms with Crippen LogP contribution in [-0.2, 0) is 9.53 Å². The Kier molecular flexibility index (Phi) is 7.03. The number of rotatable bonds is 4. The van der Waals surface area contributed by atoms with Crippen LogP contribution in [0.15, 0.2) is 11.6 Å². The third kappa shape index (κ3) is 3.63. The number of esters is 1. The summed E-state index contributed by atoms with van der Waals surface area (Å²) < 4.78 is 6.02. The lowest BCUT2D eigenvalue weighted by Crippen LogP contribution is -2.67. The van der Waals surface area contributed by atoms with Crippen LogP contribution in [0.2, 0.25) is 0 Å². The van der Waals surface area contributed by atoms with Crippen molar-refractivity contribution >= 4 is 5.97 Å². The van der Waals surface area contributed by atoms with Gasteiger partial charge < -0.3 is 14.9 Å². The topological polar surface area (TPSA) is 66.8 Å². The van der Waals surface area contributed by atoms with Crippen LogP contribution < -0.4 is 0 Å². The molecule has 0 saturated heterocycles. The first-order valence-corrected chi connectivity index (χ1v) is 15.9.